The normalized spacial score (nSPS) is 15.1. The van der Waals surface area contributed by atoms with Gasteiger partial charge in [0.15, 0.2) is 0 Å². The Morgan fingerprint density at radius 1 is 0.964 bits per heavy atom. The highest BCUT2D eigenvalue weighted by Crippen LogP contribution is 2.27. The van der Waals surface area contributed by atoms with Gasteiger partial charge < -0.3 is 9.42 Å². The molecule has 0 spiro atoms. The Bertz CT molecular complexity index is 860. The van der Waals surface area contributed by atoms with Gasteiger partial charge in [0.2, 0.25) is 5.91 Å². The molecule has 2 aromatic carbocycles. The van der Waals surface area contributed by atoms with Crippen molar-refractivity contribution in [2.24, 2.45) is 0 Å². The van der Waals surface area contributed by atoms with E-state index in [-0.39, 0.29) is 11.8 Å². The maximum atomic E-state index is 13.4. The number of carbonyl (C=O) groups excluding carboxylic acids is 1. The van der Waals surface area contributed by atoms with Crippen molar-refractivity contribution in [3.63, 3.8) is 0 Å². The van der Waals surface area contributed by atoms with Gasteiger partial charge in [-0.2, -0.15) is 0 Å². The molecule has 0 unspecified atom stereocenters. The maximum absolute atomic E-state index is 13.4. The Morgan fingerprint density at radius 2 is 1.54 bits per heavy atom. The van der Waals surface area contributed by atoms with E-state index < -0.39 is 0 Å². The molecule has 1 aliphatic rings. The van der Waals surface area contributed by atoms with Crippen LogP contribution in [0.4, 0.5) is 0 Å². The van der Waals surface area contributed by atoms with Crippen molar-refractivity contribution in [2.45, 2.75) is 19.4 Å². The van der Waals surface area contributed by atoms with Crippen molar-refractivity contribution in [3.8, 4) is 0 Å². The van der Waals surface area contributed by atoms with Gasteiger partial charge in [0.1, 0.15) is 5.76 Å². The van der Waals surface area contributed by atoms with Gasteiger partial charge >= 0.3 is 0 Å². The van der Waals surface area contributed by atoms with E-state index in [1.807, 2.05) is 78.6 Å². The molecule has 5 heteroatoms. The fourth-order valence-electron chi connectivity index (χ4n) is 3.80. The van der Waals surface area contributed by atoms with Crippen LogP contribution in [0.1, 0.15) is 28.5 Å². The minimum Gasteiger partial charge on any atom is -0.361 e. The van der Waals surface area contributed by atoms with Crippen molar-refractivity contribution in [1.29, 1.82) is 0 Å². The molecule has 1 fully saturated rings. The van der Waals surface area contributed by atoms with Crippen LogP contribution in [0.5, 0.6) is 0 Å². The first-order valence-corrected chi connectivity index (χ1v) is 9.74. The van der Waals surface area contributed by atoms with Crippen LogP contribution in [0.25, 0.3) is 0 Å². The van der Waals surface area contributed by atoms with E-state index in [1.165, 1.54) is 0 Å². The molecule has 4 rings (SSSR count). The van der Waals surface area contributed by atoms with E-state index >= 15 is 0 Å². The number of piperazine rings is 1. The van der Waals surface area contributed by atoms with Gasteiger partial charge in [0, 0.05) is 38.8 Å². The van der Waals surface area contributed by atoms with Gasteiger partial charge in [-0.05, 0) is 18.1 Å². The number of aryl methyl sites for hydroxylation is 1. The summed E-state index contributed by atoms with van der Waals surface area (Å²) in [5.74, 6) is 0.749. The van der Waals surface area contributed by atoms with Crippen molar-refractivity contribution >= 4 is 5.91 Å². The third-order valence-corrected chi connectivity index (χ3v) is 5.26. The number of benzene rings is 2. The van der Waals surface area contributed by atoms with Crippen LogP contribution < -0.4 is 0 Å². The van der Waals surface area contributed by atoms with E-state index in [2.05, 4.69) is 10.1 Å². The first-order valence-electron chi connectivity index (χ1n) is 9.74. The van der Waals surface area contributed by atoms with Crippen LogP contribution in [0.2, 0.25) is 0 Å². The minimum atomic E-state index is -0.257. The van der Waals surface area contributed by atoms with E-state index in [0.29, 0.717) is 0 Å². The topological polar surface area (TPSA) is 49.6 Å². The highest BCUT2D eigenvalue weighted by Gasteiger charge is 2.29. The Kier molecular flexibility index (Phi) is 5.53. The molecule has 5 nitrogen and oxygen atoms in total. The fraction of sp³-hybridized carbons (Fsp3) is 0.304. The van der Waals surface area contributed by atoms with Crippen LogP contribution in [0, 0.1) is 6.92 Å². The summed E-state index contributed by atoms with van der Waals surface area (Å²) in [6.07, 6.45) is 0. The lowest BCUT2D eigenvalue weighted by atomic mass is 9.90. The minimum absolute atomic E-state index is 0.175. The molecule has 0 radical (unpaired) electrons. The first-order chi connectivity index (χ1) is 13.7. The molecule has 0 saturated carbocycles. The molecule has 1 amide bonds. The van der Waals surface area contributed by atoms with Gasteiger partial charge in [-0.3, -0.25) is 9.69 Å². The average Bonchev–Trinajstić information content (AvgIpc) is 3.15. The number of hydrogen-bond acceptors (Lipinski definition) is 4. The van der Waals surface area contributed by atoms with E-state index in [1.54, 1.807) is 0 Å². The van der Waals surface area contributed by atoms with Crippen LogP contribution in [0.3, 0.4) is 0 Å². The molecule has 1 aromatic heterocycles. The smallest absolute Gasteiger partial charge is 0.234 e. The van der Waals surface area contributed by atoms with Crippen molar-refractivity contribution in [1.82, 2.24) is 15.0 Å². The molecule has 144 valence electrons. The van der Waals surface area contributed by atoms with Crippen LogP contribution >= 0.6 is 0 Å². The number of aromatic nitrogens is 1. The lowest BCUT2D eigenvalue weighted by molar-refractivity contribution is -0.133. The molecule has 0 atom stereocenters. The molecular weight excluding hydrogens is 350 g/mol. The average molecular weight is 375 g/mol. The monoisotopic (exact) mass is 375 g/mol. The molecule has 28 heavy (non-hydrogen) atoms. The zero-order chi connectivity index (χ0) is 19.3. The zero-order valence-electron chi connectivity index (χ0n) is 16.1. The summed E-state index contributed by atoms with van der Waals surface area (Å²) >= 11 is 0. The lowest BCUT2D eigenvalue weighted by Crippen LogP contribution is -2.49. The predicted octanol–water partition coefficient (Wildman–Crippen LogP) is 3.46. The third kappa shape index (κ3) is 4.15. The second-order valence-corrected chi connectivity index (χ2v) is 7.28. The molecule has 1 aliphatic heterocycles. The quantitative estimate of drug-likeness (QED) is 0.685. The number of carbonyl (C=O) groups is 1. The third-order valence-electron chi connectivity index (χ3n) is 5.26. The molecule has 3 aromatic rings. The SMILES string of the molecule is Cc1cc(CN2CCN(C(=O)C(c3ccccc3)c3ccccc3)CC2)no1. The largest absolute Gasteiger partial charge is 0.361 e. The number of rotatable bonds is 5. The molecular formula is C23H25N3O2. The lowest BCUT2D eigenvalue weighted by Gasteiger charge is -2.36. The summed E-state index contributed by atoms with van der Waals surface area (Å²) in [6, 6.07) is 22.1. The zero-order valence-corrected chi connectivity index (χ0v) is 16.1. The molecule has 0 bridgehead atoms. The van der Waals surface area contributed by atoms with Gasteiger partial charge in [0.25, 0.3) is 0 Å². The molecule has 1 saturated heterocycles. The molecule has 0 aliphatic carbocycles. The Morgan fingerprint density at radius 3 is 2.04 bits per heavy atom. The fourth-order valence-corrected chi connectivity index (χ4v) is 3.80. The predicted molar refractivity (Wildman–Crippen MR) is 108 cm³/mol. The van der Waals surface area contributed by atoms with Crippen molar-refractivity contribution < 1.29 is 9.32 Å². The highest BCUT2D eigenvalue weighted by molar-refractivity contribution is 5.87. The van der Waals surface area contributed by atoms with Crippen molar-refractivity contribution in [3.05, 3.63) is 89.3 Å². The van der Waals surface area contributed by atoms with E-state index in [0.717, 1.165) is 55.3 Å². The van der Waals surface area contributed by atoms with Gasteiger partial charge in [-0.25, -0.2) is 0 Å². The van der Waals surface area contributed by atoms with Crippen LogP contribution in [-0.2, 0) is 11.3 Å². The highest BCUT2D eigenvalue weighted by atomic mass is 16.5. The van der Waals surface area contributed by atoms with Gasteiger partial charge in [-0.15, -0.1) is 0 Å². The molecule has 2 heterocycles. The van der Waals surface area contributed by atoms with E-state index in [9.17, 15) is 4.79 Å². The van der Waals surface area contributed by atoms with E-state index in [4.69, 9.17) is 4.52 Å². The number of nitrogens with zero attached hydrogens (tertiary/aromatic N) is 3. The second-order valence-electron chi connectivity index (χ2n) is 7.28. The Balaban J connectivity index is 1.46. The van der Waals surface area contributed by atoms with Gasteiger partial charge in [0.05, 0.1) is 11.6 Å². The van der Waals surface area contributed by atoms with Gasteiger partial charge in [-0.1, -0.05) is 65.8 Å². The number of hydrogen-bond donors (Lipinski definition) is 0. The van der Waals surface area contributed by atoms with Crippen LogP contribution in [-0.4, -0.2) is 47.0 Å². The summed E-state index contributed by atoms with van der Waals surface area (Å²) in [5, 5.41) is 4.07. The van der Waals surface area contributed by atoms with Crippen molar-refractivity contribution in [2.75, 3.05) is 26.2 Å². The number of amides is 1. The summed E-state index contributed by atoms with van der Waals surface area (Å²) < 4.78 is 5.15. The standard InChI is InChI=1S/C23H25N3O2/c1-18-16-21(24-28-18)17-25-12-14-26(15-13-25)23(27)22(19-8-4-2-5-9-19)20-10-6-3-7-11-20/h2-11,16,22H,12-15,17H2,1H3. The summed E-state index contributed by atoms with van der Waals surface area (Å²) in [5.41, 5.74) is 3.03. The molecule has 0 N–H and O–H groups in total. The summed E-state index contributed by atoms with van der Waals surface area (Å²) in [4.78, 5) is 17.8. The Hall–Kier alpha value is -2.92. The van der Waals surface area contributed by atoms with Crippen LogP contribution in [0.15, 0.2) is 71.3 Å². The second kappa shape index (κ2) is 8.40. The summed E-state index contributed by atoms with van der Waals surface area (Å²) in [7, 11) is 0. The first kappa shape index (κ1) is 18.4. The summed E-state index contributed by atoms with van der Waals surface area (Å²) in [6.45, 7) is 5.81. The Labute approximate surface area is 165 Å². The maximum Gasteiger partial charge on any atom is 0.234 e.